The fraction of sp³-hybridized carbons (Fsp3) is 0.321. The first kappa shape index (κ1) is 24.8. The zero-order chi connectivity index (χ0) is 25.6. The molecule has 3 heterocycles. The summed E-state index contributed by atoms with van der Waals surface area (Å²) in [6.07, 6.45) is 0.777. The molecule has 0 aliphatic carbocycles. The lowest BCUT2D eigenvalue weighted by Gasteiger charge is -2.24. The molecule has 8 heteroatoms. The highest BCUT2D eigenvalue weighted by Gasteiger charge is 2.29. The largest absolute Gasteiger partial charge is 0.387 e. The molecule has 0 saturated heterocycles. The Balaban J connectivity index is 1.47. The van der Waals surface area contributed by atoms with Gasteiger partial charge < -0.3 is 10.2 Å². The van der Waals surface area contributed by atoms with Gasteiger partial charge in [0.2, 0.25) is 0 Å². The summed E-state index contributed by atoms with van der Waals surface area (Å²) in [5.41, 5.74) is 3.52. The van der Waals surface area contributed by atoms with Crippen LogP contribution in [0.3, 0.4) is 0 Å². The van der Waals surface area contributed by atoms with E-state index in [1.807, 2.05) is 62.4 Å². The highest BCUT2D eigenvalue weighted by atomic mass is 35.5. The van der Waals surface area contributed by atoms with Gasteiger partial charge in [-0.2, -0.15) is 0 Å². The Morgan fingerprint density at radius 3 is 2.47 bits per heavy atom. The Hall–Kier alpha value is -2.84. The molecule has 0 spiro atoms. The van der Waals surface area contributed by atoms with Gasteiger partial charge in [-0.3, -0.25) is 9.56 Å². The van der Waals surface area contributed by atoms with Crippen LogP contribution in [0.4, 0.5) is 0 Å². The minimum Gasteiger partial charge on any atom is -0.387 e. The molecule has 1 aliphatic rings. The van der Waals surface area contributed by atoms with Crippen molar-refractivity contribution >= 4 is 28.6 Å². The number of aliphatic imine (C=N–C) groups is 1. The van der Waals surface area contributed by atoms with Crippen molar-refractivity contribution in [1.82, 2.24) is 14.8 Å². The van der Waals surface area contributed by atoms with Crippen LogP contribution >= 0.6 is 22.9 Å². The van der Waals surface area contributed by atoms with Crippen LogP contribution in [0, 0.1) is 6.92 Å². The summed E-state index contributed by atoms with van der Waals surface area (Å²) in [7, 11) is 0. The number of thiophene rings is 1. The molecule has 0 radical (unpaired) electrons. The van der Waals surface area contributed by atoms with Crippen molar-refractivity contribution in [2.45, 2.75) is 58.3 Å². The second kappa shape index (κ2) is 9.56. The molecule has 36 heavy (non-hydrogen) atoms. The summed E-state index contributed by atoms with van der Waals surface area (Å²) in [6, 6.07) is 17.7. The quantitative estimate of drug-likeness (QED) is 0.337. The molecule has 2 N–H and O–H groups in total. The van der Waals surface area contributed by atoms with Gasteiger partial charge in [0.05, 0.1) is 11.3 Å². The molecule has 2 atom stereocenters. The van der Waals surface area contributed by atoms with Gasteiger partial charge in [0.25, 0.3) is 0 Å². The van der Waals surface area contributed by atoms with E-state index in [4.69, 9.17) is 16.6 Å². The summed E-state index contributed by atoms with van der Waals surface area (Å²) in [6.45, 7) is 7.22. The number of halogens is 1. The lowest BCUT2D eigenvalue weighted by Crippen LogP contribution is -2.28. The minimum absolute atomic E-state index is 0.154. The van der Waals surface area contributed by atoms with Crippen LogP contribution < -0.4 is 0 Å². The first-order chi connectivity index (χ1) is 17.1. The van der Waals surface area contributed by atoms with Crippen LogP contribution in [0.5, 0.6) is 0 Å². The smallest absolute Gasteiger partial charge is 0.162 e. The van der Waals surface area contributed by atoms with E-state index < -0.39 is 11.7 Å². The minimum atomic E-state index is -1.19. The number of nitrogens with zero attached hydrogens (tertiary/aromatic N) is 4. The lowest BCUT2D eigenvalue weighted by molar-refractivity contribution is -0.0496. The van der Waals surface area contributed by atoms with E-state index in [0.717, 1.165) is 46.3 Å². The zero-order valence-corrected chi connectivity index (χ0v) is 22.3. The van der Waals surface area contributed by atoms with Gasteiger partial charge in [-0.1, -0.05) is 54.1 Å². The van der Waals surface area contributed by atoms with Gasteiger partial charge in [-0.05, 0) is 63.8 Å². The average molecular weight is 521 g/mol. The van der Waals surface area contributed by atoms with Crippen molar-refractivity contribution in [3.05, 3.63) is 98.4 Å². The van der Waals surface area contributed by atoms with Crippen molar-refractivity contribution in [3.63, 3.8) is 0 Å². The molecule has 4 aromatic rings. The molecular formula is C28H29ClN4O2S. The molecular weight excluding hydrogens is 492 g/mol. The van der Waals surface area contributed by atoms with Gasteiger partial charge in [-0.25, -0.2) is 0 Å². The van der Waals surface area contributed by atoms with E-state index >= 15 is 0 Å². The highest BCUT2D eigenvalue weighted by molar-refractivity contribution is 7.15. The maximum absolute atomic E-state index is 10.3. The van der Waals surface area contributed by atoms with Crippen molar-refractivity contribution in [1.29, 1.82) is 0 Å². The number of aliphatic hydroxyl groups excluding tert-OH is 1. The summed E-state index contributed by atoms with van der Waals surface area (Å²) in [5.74, 6) is 1.66. The summed E-state index contributed by atoms with van der Waals surface area (Å²) in [4.78, 5) is 6.28. The van der Waals surface area contributed by atoms with Gasteiger partial charge in [0.15, 0.2) is 5.82 Å². The second-order valence-corrected chi connectivity index (χ2v) is 11.3. The topological polar surface area (TPSA) is 83.5 Å². The molecule has 0 amide bonds. The summed E-state index contributed by atoms with van der Waals surface area (Å²) in [5, 5.41) is 30.9. The maximum Gasteiger partial charge on any atom is 0.162 e. The monoisotopic (exact) mass is 520 g/mol. The molecule has 2 aromatic heterocycles. The Bertz CT molecular complexity index is 1430. The van der Waals surface area contributed by atoms with E-state index in [0.29, 0.717) is 10.6 Å². The molecule has 0 fully saturated rings. The summed E-state index contributed by atoms with van der Waals surface area (Å²) >= 11 is 8.34. The normalized spacial score (nSPS) is 16.2. The zero-order valence-electron chi connectivity index (χ0n) is 20.7. The van der Waals surface area contributed by atoms with Crippen LogP contribution in [-0.2, 0) is 12.8 Å². The third-order valence-electron chi connectivity index (χ3n) is 6.52. The van der Waals surface area contributed by atoms with Crippen molar-refractivity contribution in [3.8, 4) is 5.00 Å². The van der Waals surface area contributed by atoms with Gasteiger partial charge in [0, 0.05) is 21.0 Å². The van der Waals surface area contributed by atoms with Crippen LogP contribution in [0.15, 0.2) is 59.6 Å². The molecule has 2 aromatic carbocycles. The highest BCUT2D eigenvalue weighted by Crippen LogP contribution is 2.37. The van der Waals surface area contributed by atoms with Crippen molar-refractivity contribution in [2.24, 2.45) is 4.99 Å². The molecule has 0 saturated carbocycles. The van der Waals surface area contributed by atoms with Crippen molar-refractivity contribution in [2.75, 3.05) is 0 Å². The number of hydrogen-bond acceptors (Lipinski definition) is 6. The van der Waals surface area contributed by atoms with Gasteiger partial charge >= 0.3 is 0 Å². The number of fused-ring (bicyclic) bond motifs is 3. The predicted molar refractivity (Wildman–Crippen MR) is 145 cm³/mol. The van der Waals surface area contributed by atoms with E-state index in [2.05, 4.69) is 20.8 Å². The molecule has 0 bridgehead atoms. The fourth-order valence-electron chi connectivity index (χ4n) is 4.52. The van der Waals surface area contributed by atoms with Gasteiger partial charge in [0.1, 0.15) is 23.0 Å². The molecule has 186 valence electrons. The second-order valence-electron chi connectivity index (χ2n) is 9.80. The van der Waals surface area contributed by atoms with Crippen molar-refractivity contribution < 1.29 is 10.2 Å². The predicted octanol–water partition coefficient (Wildman–Crippen LogP) is 5.79. The number of rotatable bonds is 6. The Kier molecular flexibility index (Phi) is 6.59. The Morgan fingerprint density at radius 1 is 1.06 bits per heavy atom. The molecule has 2 unspecified atom stereocenters. The van der Waals surface area contributed by atoms with E-state index in [9.17, 15) is 10.2 Å². The van der Waals surface area contributed by atoms with E-state index in [-0.39, 0.29) is 6.04 Å². The first-order valence-corrected chi connectivity index (χ1v) is 13.2. The maximum atomic E-state index is 10.3. The number of aromatic nitrogens is 3. The number of aryl methyl sites for hydroxylation is 3. The number of hydrogen-bond donors (Lipinski definition) is 2. The Morgan fingerprint density at radius 2 is 1.78 bits per heavy atom. The van der Waals surface area contributed by atoms with E-state index in [1.165, 1.54) is 10.4 Å². The standard InChI is InChI=1S/C28H29ClN4O2S/c1-16-26-32-31-17(2)33(26)27-22(24(30-16)21-7-5-6-8-23(21)29)15-20(36-27)14-11-18-9-12-19(13-10-18)25(34)28(3,4)35/h5-10,12-13,15-16,25,34-35H,11,14H2,1-4H3. The lowest BCUT2D eigenvalue weighted by atomic mass is 9.94. The average Bonchev–Trinajstić information content (AvgIpc) is 3.41. The van der Waals surface area contributed by atoms with Crippen LogP contribution in [0.2, 0.25) is 5.02 Å². The number of aliphatic hydroxyl groups is 2. The van der Waals surface area contributed by atoms with Gasteiger partial charge in [-0.15, -0.1) is 21.5 Å². The van der Waals surface area contributed by atoms with Crippen LogP contribution in [-0.4, -0.2) is 36.3 Å². The van der Waals surface area contributed by atoms with Crippen LogP contribution in [0.1, 0.15) is 71.7 Å². The van der Waals surface area contributed by atoms with E-state index in [1.54, 1.807) is 25.2 Å². The fourth-order valence-corrected chi connectivity index (χ4v) is 5.96. The number of benzene rings is 2. The first-order valence-electron chi connectivity index (χ1n) is 12.0. The van der Waals surface area contributed by atoms with Crippen LogP contribution in [0.25, 0.3) is 5.00 Å². The Labute approximate surface area is 220 Å². The molecule has 1 aliphatic heterocycles. The third kappa shape index (κ3) is 4.64. The summed E-state index contributed by atoms with van der Waals surface area (Å²) < 4.78 is 2.12. The SMILES string of the molecule is Cc1nnc2n1-c1sc(CCc3ccc(C(O)C(C)(C)O)cc3)cc1C(c1ccccc1Cl)=NC2C. The molecule has 5 rings (SSSR count). The third-order valence-corrected chi connectivity index (χ3v) is 8.03. The molecule has 6 nitrogen and oxygen atoms in total.